The smallest absolute Gasteiger partial charge is 0.188 e. The summed E-state index contributed by atoms with van der Waals surface area (Å²) in [4.78, 5) is 11.2. The van der Waals surface area contributed by atoms with Crippen LogP contribution in [-0.2, 0) is 4.79 Å². The van der Waals surface area contributed by atoms with Gasteiger partial charge in [0.25, 0.3) is 0 Å². The van der Waals surface area contributed by atoms with Crippen LogP contribution in [0.3, 0.4) is 0 Å². The van der Waals surface area contributed by atoms with Gasteiger partial charge >= 0.3 is 0 Å². The van der Waals surface area contributed by atoms with Crippen molar-refractivity contribution >= 4 is 40.2 Å². The molecule has 0 spiro atoms. The number of carbonyl (C=O) groups is 1. The maximum absolute atomic E-state index is 11.2. The third kappa shape index (κ3) is 10.6. The van der Waals surface area contributed by atoms with Crippen molar-refractivity contribution in [1.82, 2.24) is 0 Å². The first-order valence-corrected chi connectivity index (χ1v) is 7.28. The molecule has 0 aromatic carbocycles. The van der Waals surface area contributed by atoms with Crippen molar-refractivity contribution in [2.45, 2.75) is 26.2 Å². The van der Waals surface area contributed by atoms with Gasteiger partial charge in [-0.1, -0.05) is 25.1 Å². The Kier molecular flexibility index (Phi) is 11.3. The Morgan fingerprint density at radius 2 is 2.08 bits per heavy atom. The summed E-state index contributed by atoms with van der Waals surface area (Å²) < 4.78 is 0. The third-order valence-electron chi connectivity index (χ3n) is 1.45. The lowest BCUT2D eigenvalue weighted by Crippen LogP contribution is -1.95. The van der Waals surface area contributed by atoms with E-state index in [1.807, 2.05) is 11.8 Å². The van der Waals surface area contributed by atoms with Crippen LogP contribution in [0.5, 0.6) is 0 Å². The van der Waals surface area contributed by atoms with Gasteiger partial charge in [-0.05, 0) is 6.42 Å². The standard InChI is InChI=1S/C9H17ClOS2/c1-2-3-4-9(11)13-8-7-12-6-5-10/h2-8H2,1H3. The molecule has 0 rings (SSSR count). The lowest BCUT2D eigenvalue weighted by Gasteiger charge is -1.99. The number of thioether (sulfide) groups is 2. The van der Waals surface area contributed by atoms with Crippen LogP contribution in [-0.4, -0.2) is 28.3 Å². The molecule has 0 fully saturated rings. The van der Waals surface area contributed by atoms with Crippen LogP contribution in [0.25, 0.3) is 0 Å². The molecule has 0 aromatic rings. The lowest BCUT2D eigenvalue weighted by atomic mass is 10.3. The monoisotopic (exact) mass is 240 g/mol. The Morgan fingerprint density at radius 1 is 1.31 bits per heavy atom. The molecular weight excluding hydrogens is 224 g/mol. The minimum atomic E-state index is 0.341. The molecule has 0 bridgehead atoms. The molecule has 0 atom stereocenters. The summed E-state index contributed by atoms with van der Waals surface area (Å²) in [6.45, 7) is 2.11. The van der Waals surface area contributed by atoms with E-state index >= 15 is 0 Å². The van der Waals surface area contributed by atoms with Crippen LogP contribution in [0, 0.1) is 0 Å². The third-order valence-corrected chi connectivity index (χ3v) is 4.04. The van der Waals surface area contributed by atoms with Crippen LogP contribution < -0.4 is 0 Å². The van der Waals surface area contributed by atoms with E-state index in [0.717, 1.165) is 36.5 Å². The fraction of sp³-hybridized carbons (Fsp3) is 0.889. The topological polar surface area (TPSA) is 17.1 Å². The van der Waals surface area contributed by atoms with Crippen molar-refractivity contribution in [3.63, 3.8) is 0 Å². The van der Waals surface area contributed by atoms with E-state index in [2.05, 4.69) is 6.92 Å². The average molecular weight is 241 g/mol. The molecule has 0 amide bonds. The van der Waals surface area contributed by atoms with E-state index in [9.17, 15) is 4.79 Å². The van der Waals surface area contributed by atoms with Crippen LogP contribution in [0.15, 0.2) is 0 Å². The highest BCUT2D eigenvalue weighted by molar-refractivity contribution is 8.14. The van der Waals surface area contributed by atoms with E-state index in [-0.39, 0.29) is 0 Å². The number of halogens is 1. The van der Waals surface area contributed by atoms with Gasteiger partial charge in [0, 0.05) is 29.6 Å². The molecule has 13 heavy (non-hydrogen) atoms. The van der Waals surface area contributed by atoms with E-state index in [1.54, 1.807) is 0 Å². The van der Waals surface area contributed by atoms with Crippen LogP contribution in [0.2, 0.25) is 0 Å². The molecule has 0 unspecified atom stereocenters. The van der Waals surface area contributed by atoms with E-state index in [4.69, 9.17) is 11.6 Å². The molecule has 0 aromatic heterocycles. The number of alkyl halides is 1. The summed E-state index contributed by atoms with van der Waals surface area (Å²) in [5.74, 6) is 3.67. The Hall–Kier alpha value is 0.660. The number of rotatable bonds is 8. The van der Waals surface area contributed by atoms with Gasteiger partial charge in [-0.25, -0.2) is 0 Å². The molecule has 0 saturated heterocycles. The zero-order chi connectivity index (χ0) is 9.94. The highest BCUT2D eigenvalue weighted by atomic mass is 35.5. The fourth-order valence-electron chi connectivity index (χ4n) is 0.764. The summed E-state index contributed by atoms with van der Waals surface area (Å²) in [5, 5.41) is 0.341. The van der Waals surface area contributed by atoms with Gasteiger partial charge in [0.2, 0.25) is 0 Å². The van der Waals surface area contributed by atoms with E-state index < -0.39 is 0 Å². The van der Waals surface area contributed by atoms with Crippen LogP contribution in [0.1, 0.15) is 26.2 Å². The van der Waals surface area contributed by atoms with Crippen molar-refractivity contribution < 1.29 is 4.79 Å². The minimum absolute atomic E-state index is 0.341. The second-order valence-electron chi connectivity index (χ2n) is 2.63. The van der Waals surface area contributed by atoms with Gasteiger partial charge in [0.1, 0.15) is 0 Å². The maximum Gasteiger partial charge on any atom is 0.188 e. The quantitative estimate of drug-likeness (QED) is 0.478. The molecule has 1 nitrogen and oxygen atoms in total. The molecule has 0 aliphatic heterocycles. The Balaban J connectivity index is 3.08. The van der Waals surface area contributed by atoms with E-state index in [0.29, 0.717) is 11.0 Å². The zero-order valence-corrected chi connectivity index (χ0v) is 10.4. The number of unbranched alkanes of at least 4 members (excludes halogenated alkanes) is 1. The molecule has 0 saturated carbocycles. The summed E-state index contributed by atoms with van der Waals surface area (Å²) >= 11 is 8.80. The van der Waals surface area contributed by atoms with Crippen LogP contribution in [0.4, 0.5) is 0 Å². The van der Waals surface area contributed by atoms with Gasteiger partial charge in [-0.15, -0.1) is 11.6 Å². The fourth-order valence-corrected chi connectivity index (χ4v) is 2.73. The largest absolute Gasteiger partial charge is 0.287 e. The first kappa shape index (κ1) is 13.7. The molecule has 4 heteroatoms. The SMILES string of the molecule is CCCCC(=O)SCCSCCCl. The van der Waals surface area contributed by atoms with Crippen molar-refractivity contribution in [3.8, 4) is 0 Å². The van der Waals surface area contributed by atoms with Crippen molar-refractivity contribution in [2.24, 2.45) is 0 Å². The normalized spacial score (nSPS) is 10.3. The highest BCUT2D eigenvalue weighted by Crippen LogP contribution is 2.11. The van der Waals surface area contributed by atoms with Gasteiger partial charge in [-0.2, -0.15) is 11.8 Å². The predicted octanol–water partition coefficient (Wildman–Crippen LogP) is 3.41. The van der Waals surface area contributed by atoms with Gasteiger partial charge in [-0.3, -0.25) is 4.79 Å². The molecular formula is C9H17ClOS2. The number of hydrogen-bond acceptors (Lipinski definition) is 3. The van der Waals surface area contributed by atoms with Gasteiger partial charge in [0.05, 0.1) is 0 Å². The minimum Gasteiger partial charge on any atom is -0.287 e. The van der Waals surface area contributed by atoms with Crippen LogP contribution >= 0.6 is 35.1 Å². The number of hydrogen-bond donors (Lipinski definition) is 0. The molecule has 0 aliphatic carbocycles. The first-order valence-electron chi connectivity index (χ1n) is 4.60. The Bertz CT molecular complexity index is 131. The number of carbonyl (C=O) groups excluding carboxylic acids is 1. The Labute approximate surface area is 94.4 Å². The molecule has 78 valence electrons. The van der Waals surface area contributed by atoms with Crippen molar-refractivity contribution in [3.05, 3.63) is 0 Å². The highest BCUT2D eigenvalue weighted by Gasteiger charge is 2.00. The molecule has 0 heterocycles. The average Bonchev–Trinajstić information content (AvgIpc) is 2.14. The molecule has 0 aliphatic rings. The predicted molar refractivity (Wildman–Crippen MR) is 65.0 cm³/mol. The first-order chi connectivity index (χ1) is 6.31. The van der Waals surface area contributed by atoms with Crippen molar-refractivity contribution in [1.29, 1.82) is 0 Å². The second-order valence-corrected chi connectivity index (χ2v) is 5.38. The summed E-state index contributed by atoms with van der Waals surface area (Å²) in [7, 11) is 0. The Morgan fingerprint density at radius 3 is 2.69 bits per heavy atom. The van der Waals surface area contributed by atoms with Gasteiger partial charge in [0.15, 0.2) is 5.12 Å². The summed E-state index contributed by atoms with van der Waals surface area (Å²) in [5.41, 5.74) is 0. The molecule has 0 N–H and O–H groups in total. The summed E-state index contributed by atoms with van der Waals surface area (Å²) in [6.07, 6.45) is 2.87. The van der Waals surface area contributed by atoms with Gasteiger partial charge < -0.3 is 0 Å². The zero-order valence-electron chi connectivity index (χ0n) is 8.05. The maximum atomic E-state index is 11.2. The van der Waals surface area contributed by atoms with E-state index in [1.165, 1.54) is 11.8 Å². The lowest BCUT2D eigenvalue weighted by molar-refractivity contribution is -0.111. The molecule has 0 radical (unpaired) electrons. The second kappa shape index (κ2) is 10.7. The van der Waals surface area contributed by atoms with Crippen molar-refractivity contribution in [2.75, 3.05) is 23.1 Å². The summed E-state index contributed by atoms with van der Waals surface area (Å²) in [6, 6.07) is 0.